The molecule has 0 spiro atoms. The molecule has 3 heterocycles. The number of fused-ring (bicyclic) bond motifs is 3. The van der Waals surface area contributed by atoms with E-state index in [2.05, 4.69) is 40.4 Å². The number of hydrogen-bond donors (Lipinski definition) is 0. The van der Waals surface area contributed by atoms with Gasteiger partial charge in [0.2, 0.25) is 0 Å². The van der Waals surface area contributed by atoms with Crippen molar-refractivity contribution in [2.45, 2.75) is 96.2 Å². The van der Waals surface area contributed by atoms with E-state index in [4.69, 9.17) is 0 Å². The summed E-state index contributed by atoms with van der Waals surface area (Å²) in [5, 5.41) is 10.9. The van der Waals surface area contributed by atoms with Crippen molar-refractivity contribution in [3.8, 4) is 0 Å². The van der Waals surface area contributed by atoms with Crippen LogP contribution in [0.25, 0.3) is 0 Å². The van der Waals surface area contributed by atoms with Crippen LogP contribution in [-0.4, -0.2) is 63.6 Å². The third-order valence-corrected chi connectivity index (χ3v) is 6.90. The van der Waals surface area contributed by atoms with E-state index < -0.39 is 0 Å². The molecule has 5 heteroatoms. The summed E-state index contributed by atoms with van der Waals surface area (Å²) in [6, 6.07) is 0. The minimum absolute atomic E-state index is 0.230. The van der Waals surface area contributed by atoms with Gasteiger partial charge in [-0.25, -0.2) is 10.0 Å². The Morgan fingerprint density at radius 3 is 2.12 bits per heavy atom. The highest BCUT2D eigenvalue weighted by molar-refractivity contribution is 7.98. The first-order valence-electron chi connectivity index (χ1n) is 10.7. The van der Waals surface area contributed by atoms with Crippen LogP contribution in [0.4, 0.5) is 0 Å². The second-order valence-corrected chi connectivity index (χ2v) is 9.69. The van der Waals surface area contributed by atoms with E-state index in [1.807, 2.05) is 11.8 Å². The second-order valence-electron chi connectivity index (χ2n) is 8.71. The molecule has 1 atom stereocenters. The van der Waals surface area contributed by atoms with Gasteiger partial charge in [-0.2, -0.15) is 22.0 Å². The smallest absolute Gasteiger partial charge is 0.0927 e. The van der Waals surface area contributed by atoms with Gasteiger partial charge < -0.3 is 0 Å². The van der Waals surface area contributed by atoms with Gasteiger partial charge in [0.15, 0.2) is 0 Å². The summed E-state index contributed by atoms with van der Waals surface area (Å²) < 4.78 is 0. The number of rotatable bonds is 4. The molecular formula is C20H40N4S. The Labute approximate surface area is 160 Å². The number of hydrazine groups is 3. The second kappa shape index (κ2) is 9.41. The fourth-order valence-electron chi connectivity index (χ4n) is 4.85. The fraction of sp³-hybridized carbons (Fsp3) is 1.00. The Morgan fingerprint density at radius 2 is 1.40 bits per heavy atom. The Balaban J connectivity index is 1.87. The van der Waals surface area contributed by atoms with Gasteiger partial charge in [-0.05, 0) is 58.0 Å². The third-order valence-electron chi connectivity index (χ3n) is 6.29. The minimum atomic E-state index is 0.230. The summed E-state index contributed by atoms with van der Waals surface area (Å²) in [6.45, 7) is 8.63. The van der Waals surface area contributed by atoms with Crippen molar-refractivity contribution in [1.82, 2.24) is 20.3 Å². The molecule has 3 saturated heterocycles. The molecule has 0 N–H and O–H groups in total. The van der Waals surface area contributed by atoms with Crippen LogP contribution in [0.1, 0.15) is 84.5 Å². The lowest BCUT2D eigenvalue weighted by Gasteiger charge is -2.44. The topological polar surface area (TPSA) is 13.0 Å². The summed E-state index contributed by atoms with van der Waals surface area (Å²) >= 11 is 1.99. The van der Waals surface area contributed by atoms with Crippen molar-refractivity contribution in [3.05, 3.63) is 0 Å². The van der Waals surface area contributed by atoms with Crippen LogP contribution in [0, 0.1) is 0 Å². The Hall–Kier alpha value is 0.190. The van der Waals surface area contributed by atoms with Crippen molar-refractivity contribution in [1.29, 1.82) is 0 Å². The highest BCUT2D eigenvalue weighted by Gasteiger charge is 2.49. The van der Waals surface area contributed by atoms with Crippen molar-refractivity contribution in [2.75, 3.05) is 31.6 Å². The molecule has 0 saturated carbocycles. The Bertz CT molecular complexity index is 403. The maximum Gasteiger partial charge on any atom is 0.0927 e. The van der Waals surface area contributed by atoms with Crippen molar-refractivity contribution < 1.29 is 0 Å². The molecule has 3 aliphatic heterocycles. The van der Waals surface area contributed by atoms with Gasteiger partial charge in [-0.3, -0.25) is 0 Å². The average molecular weight is 369 g/mol. The lowest BCUT2D eigenvalue weighted by Crippen LogP contribution is -2.57. The molecule has 0 aromatic heterocycles. The molecule has 25 heavy (non-hydrogen) atoms. The monoisotopic (exact) mass is 368 g/mol. The van der Waals surface area contributed by atoms with Crippen LogP contribution >= 0.6 is 11.8 Å². The first-order chi connectivity index (χ1) is 12.1. The van der Waals surface area contributed by atoms with Gasteiger partial charge in [-0.1, -0.05) is 38.5 Å². The average Bonchev–Trinajstić information content (AvgIpc) is 2.90. The van der Waals surface area contributed by atoms with Crippen LogP contribution < -0.4 is 0 Å². The molecule has 1 unspecified atom stereocenters. The quantitative estimate of drug-likeness (QED) is 0.709. The van der Waals surface area contributed by atoms with E-state index in [-0.39, 0.29) is 5.54 Å². The molecule has 0 bridgehead atoms. The van der Waals surface area contributed by atoms with Crippen LogP contribution in [0.5, 0.6) is 0 Å². The van der Waals surface area contributed by atoms with Crippen LogP contribution in [0.3, 0.4) is 0 Å². The summed E-state index contributed by atoms with van der Waals surface area (Å²) in [5.74, 6) is 1.25. The van der Waals surface area contributed by atoms with Crippen molar-refractivity contribution in [3.63, 3.8) is 0 Å². The molecule has 3 fully saturated rings. The first kappa shape index (κ1) is 19.9. The van der Waals surface area contributed by atoms with Gasteiger partial charge >= 0.3 is 0 Å². The van der Waals surface area contributed by atoms with E-state index in [0.29, 0.717) is 6.17 Å². The maximum absolute atomic E-state index is 2.81. The summed E-state index contributed by atoms with van der Waals surface area (Å²) in [4.78, 5) is 0. The molecule has 0 radical (unpaired) electrons. The largest absolute Gasteiger partial charge is 0.208 e. The molecule has 146 valence electrons. The van der Waals surface area contributed by atoms with Crippen LogP contribution in [-0.2, 0) is 0 Å². The lowest BCUT2D eigenvalue weighted by atomic mass is 9.99. The molecule has 0 aromatic carbocycles. The first-order valence-corrected chi connectivity index (χ1v) is 12.1. The maximum atomic E-state index is 2.81. The van der Waals surface area contributed by atoms with E-state index in [9.17, 15) is 0 Å². The molecule has 0 aliphatic carbocycles. The highest BCUT2D eigenvalue weighted by Crippen LogP contribution is 2.38. The molecule has 0 amide bonds. The molecule has 3 rings (SSSR count). The van der Waals surface area contributed by atoms with Crippen molar-refractivity contribution >= 4 is 11.8 Å². The normalized spacial score (nSPS) is 29.2. The standard InChI is InChI=1S/C20H40N4S/c1-20(2,14-18-25-3)24-19-13-9-5-4-6-10-15-21(19)22-16-11-7-8-12-17-23(22)24/h19H,4-18H2,1-3H3. The summed E-state index contributed by atoms with van der Waals surface area (Å²) in [5.41, 5.74) is 0.230. The number of hydrogen-bond acceptors (Lipinski definition) is 5. The molecular weight excluding hydrogens is 328 g/mol. The lowest BCUT2D eigenvalue weighted by molar-refractivity contribution is -0.207. The van der Waals surface area contributed by atoms with E-state index in [1.54, 1.807) is 0 Å². The van der Waals surface area contributed by atoms with Crippen LogP contribution in [0.15, 0.2) is 0 Å². The van der Waals surface area contributed by atoms with E-state index in [0.717, 1.165) is 0 Å². The Morgan fingerprint density at radius 1 is 0.800 bits per heavy atom. The predicted octanol–water partition coefficient (Wildman–Crippen LogP) is 4.74. The van der Waals surface area contributed by atoms with Gasteiger partial charge in [0.05, 0.1) is 6.17 Å². The number of thioether (sulfide) groups is 1. The van der Waals surface area contributed by atoms with Crippen LogP contribution in [0.2, 0.25) is 0 Å². The van der Waals surface area contributed by atoms with E-state index >= 15 is 0 Å². The summed E-state index contributed by atoms with van der Waals surface area (Å²) in [6.07, 6.45) is 17.9. The van der Waals surface area contributed by atoms with E-state index in [1.165, 1.54) is 96.0 Å². The SMILES string of the molecule is CSCCC(C)(C)N1C2CCCCCCCN2N2CCCCCCN21. The summed E-state index contributed by atoms with van der Waals surface area (Å²) in [7, 11) is 0. The zero-order chi connectivity index (χ0) is 17.7. The molecule has 0 aromatic rings. The zero-order valence-corrected chi connectivity index (χ0v) is 17.7. The van der Waals surface area contributed by atoms with Gasteiger partial charge in [0.1, 0.15) is 0 Å². The number of nitrogens with zero attached hydrogens (tertiary/aromatic N) is 4. The predicted molar refractivity (Wildman–Crippen MR) is 109 cm³/mol. The van der Waals surface area contributed by atoms with Gasteiger partial charge in [0, 0.05) is 25.2 Å². The van der Waals surface area contributed by atoms with Gasteiger partial charge in [0.25, 0.3) is 0 Å². The minimum Gasteiger partial charge on any atom is -0.208 e. The zero-order valence-electron chi connectivity index (χ0n) is 16.9. The van der Waals surface area contributed by atoms with Gasteiger partial charge in [-0.15, -0.1) is 0 Å². The highest BCUT2D eigenvalue weighted by atomic mass is 32.2. The Kier molecular flexibility index (Phi) is 7.50. The molecule has 3 aliphatic rings. The third kappa shape index (κ3) is 4.73. The van der Waals surface area contributed by atoms with Crippen molar-refractivity contribution in [2.24, 2.45) is 0 Å². The fourth-order valence-corrected chi connectivity index (χ4v) is 5.56. The molecule has 4 nitrogen and oxygen atoms in total.